The van der Waals surface area contributed by atoms with Gasteiger partial charge in [-0.05, 0) is 32.4 Å². The van der Waals surface area contributed by atoms with Crippen molar-refractivity contribution < 1.29 is 24.0 Å². The van der Waals surface area contributed by atoms with Gasteiger partial charge in [0.25, 0.3) is 5.91 Å². The molecule has 0 bridgehead atoms. The fourth-order valence-electron chi connectivity index (χ4n) is 1.66. The molecule has 1 aromatic rings. The molecule has 0 saturated carbocycles. The standard InChI is InChI=1S/C13H15FN2O5/c1-13(2,6-5-11(17)18)15-12(19)8-3-4-9(14)10(7-8)16(20)21/h3-4,7H,5-6H2,1-2H3,(H,15,19)(H,17,18). The highest BCUT2D eigenvalue weighted by atomic mass is 19.1. The number of carboxylic acids is 1. The molecule has 1 aromatic carbocycles. The number of aliphatic carboxylic acids is 1. The first-order chi connectivity index (χ1) is 9.62. The van der Waals surface area contributed by atoms with Crippen molar-refractivity contribution in [2.24, 2.45) is 0 Å². The monoisotopic (exact) mass is 298 g/mol. The van der Waals surface area contributed by atoms with Gasteiger partial charge >= 0.3 is 11.7 Å². The molecule has 0 unspecified atom stereocenters. The SMILES string of the molecule is CC(C)(CCC(=O)O)NC(=O)c1ccc(F)c([N+](=O)[O-])c1. The number of nitrogens with one attached hydrogen (secondary N) is 1. The van der Waals surface area contributed by atoms with E-state index >= 15 is 0 Å². The summed E-state index contributed by atoms with van der Waals surface area (Å²) < 4.78 is 13.2. The zero-order valence-electron chi connectivity index (χ0n) is 11.6. The van der Waals surface area contributed by atoms with E-state index in [1.807, 2.05) is 0 Å². The molecule has 0 fully saturated rings. The number of carbonyl (C=O) groups is 2. The zero-order chi connectivity index (χ0) is 16.2. The molecule has 0 radical (unpaired) electrons. The maximum absolute atomic E-state index is 13.2. The first-order valence-electron chi connectivity index (χ1n) is 6.10. The van der Waals surface area contributed by atoms with Crippen LogP contribution in [0.25, 0.3) is 0 Å². The van der Waals surface area contributed by atoms with Gasteiger partial charge in [0.05, 0.1) is 4.92 Å². The molecule has 2 N–H and O–H groups in total. The molecular formula is C13H15FN2O5. The van der Waals surface area contributed by atoms with E-state index in [9.17, 15) is 24.1 Å². The van der Waals surface area contributed by atoms with E-state index in [0.29, 0.717) is 0 Å². The number of carbonyl (C=O) groups excluding carboxylic acids is 1. The molecule has 21 heavy (non-hydrogen) atoms. The van der Waals surface area contributed by atoms with Gasteiger partial charge in [-0.15, -0.1) is 0 Å². The van der Waals surface area contributed by atoms with E-state index in [1.54, 1.807) is 13.8 Å². The Morgan fingerprint density at radius 2 is 2.05 bits per heavy atom. The van der Waals surface area contributed by atoms with Crippen molar-refractivity contribution in [2.45, 2.75) is 32.2 Å². The van der Waals surface area contributed by atoms with Crippen LogP contribution in [0.15, 0.2) is 18.2 Å². The van der Waals surface area contributed by atoms with Crippen LogP contribution in [0.1, 0.15) is 37.0 Å². The van der Waals surface area contributed by atoms with Gasteiger partial charge in [0.2, 0.25) is 5.82 Å². The van der Waals surface area contributed by atoms with Crippen molar-refractivity contribution >= 4 is 17.6 Å². The summed E-state index contributed by atoms with van der Waals surface area (Å²) >= 11 is 0. The van der Waals surface area contributed by atoms with Crippen LogP contribution in [0.3, 0.4) is 0 Å². The van der Waals surface area contributed by atoms with E-state index < -0.39 is 33.8 Å². The first-order valence-corrected chi connectivity index (χ1v) is 6.10. The van der Waals surface area contributed by atoms with Crippen LogP contribution in [0, 0.1) is 15.9 Å². The topological polar surface area (TPSA) is 110 Å². The lowest BCUT2D eigenvalue weighted by atomic mass is 9.97. The van der Waals surface area contributed by atoms with Gasteiger partial charge in [-0.2, -0.15) is 4.39 Å². The fourth-order valence-corrected chi connectivity index (χ4v) is 1.66. The normalized spacial score (nSPS) is 11.0. The number of amides is 1. The molecule has 0 aliphatic carbocycles. The Hall–Kier alpha value is -2.51. The zero-order valence-corrected chi connectivity index (χ0v) is 11.6. The van der Waals surface area contributed by atoms with Crippen LogP contribution in [0.2, 0.25) is 0 Å². The number of hydrogen-bond acceptors (Lipinski definition) is 4. The summed E-state index contributed by atoms with van der Waals surface area (Å²) in [5.41, 5.74) is -1.66. The minimum atomic E-state index is -1.03. The highest BCUT2D eigenvalue weighted by molar-refractivity contribution is 5.95. The summed E-state index contributed by atoms with van der Waals surface area (Å²) in [6.07, 6.45) is 0.0637. The van der Waals surface area contributed by atoms with E-state index in [-0.39, 0.29) is 18.4 Å². The summed E-state index contributed by atoms with van der Waals surface area (Å²) in [7, 11) is 0. The number of rotatable bonds is 6. The quantitative estimate of drug-likeness (QED) is 0.617. The summed E-state index contributed by atoms with van der Waals surface area (Å²) in [6, 6.07) is 2.82. The number of hydrogen-bond donors (Lipinski definition) is 2. The van der Waals surface area contributed by atoms with Gasteiger partial charge in [0.15, 0.2) is 0 Å². The van der Waals surface area contributed by atoms with Crippen molar-refractivity contribution in [1.82, 2.24) is 5.32 Å². The van der Waals surface area contributed by atoms with Crippen molar-refractivity contribution in [3.63, 3.8) is 0 Å². The second kappa shape index (κ2) is 6.29. The van der Waals surface area contributed by atoms with Crippen LogP contribution in [0.5, 0.6) is 0 Å². The van der Waals surface area contributed by atoms with Gasteiger partial charge in [0.1, 0.15) is 0 Å². The molecule has 114 valence electrons. The Balaban J connectivity index is 2.87. The van der Waals surface area contributed by atoms with Crippen LogP contribution < -0.4 is 5.32 Å². The van der Waals surface area contributed by atoms with Crippen molar-refractivity contribution in [1.29, 1.82) is 0 Å². The summed E-state index contributed by atoms with van der Waals surface area (Å²) in [5.74, 6) is -2.65. The highest BCUT2D eigenvalue weighted by Crippen LogP contribution is 2.19. The molecule has 0 spiro atoms. The van der Waals surface area contributed by atoms with Crippen LogP contribution >= 0.6 is 0 Å². The molecule has 0 saturated heterocycles. The van der Waals surface area contributed by atoms with Crippen molar-refractivity contribution in [2.75, 3.05) is 0 Å². The number of nitro groups is 1. The molecule has 1 amide bonds. The van der Waals surface area contributed by atoms with Gasteiger partial charge in [-0.1, -0.05) is 0 Å². The van der Waals surface area contributed by atoms with Crippen molar-refractivity contribution in [3.05, 3.63) is 39.7 Å². The summed E-state index contributed by atoms with van der Waals surface area (Å²) in [4.78, 5) is 32.2. The number of nitro benzene ring substituents is 1. The minimum Gasteiger partial charge on any atom is -0.481 e. The average Bonchev–Trinajstić information content (AvgIpc) is 2.36. The molecule has 0 aliphatic heterocycles. The molecule has 0 aromatic heterocycles. The fraction of sp³-hybridized carbons (Fsp3) is 0.385. The maximum Gasteiger partial charge on any atom is 0.305 e. The van der Waals surface area contributed by atoms with E-state index in [2.05, 4.69) is 5.32 Å². The lowest BCUT2D eigenvalue weighted by molar-refractivity contribution is -0.387. The number of benzene rings is 1. The number of carboxylic acid groups (broad SMARTS) is 1. The van der Waals surface area contributed by atoms with Gasteiger partial charge in [-0.3, -0.25) is 19.7 Å². The third-order valence-electron chi connectivity index (χ3n) is 2.82. The molecule has 0 aliphatic rings. The average molecular weight is 298 g/mol. The van der Waals surface area contributed by atoms with E-state index in [1.165, 1.54) is 0 Å². The highest BCUT2D eigenvalue weighted by Gasteiger charge is 2.24. The molecular weight excluding hydrogens is 283 g/mol. The Labute approximate surface area is 119 Å². The first kappa shape index (κ1) is 16.5. The van der Waals surface area contributed by atoms with Crippen LogP contribution in [-0.4, -0.2) is 27.4 Å². The van der Waals surface area contributed by atoms with Gasteiger partial charge in [0, 0.05) is 23.6 Å². The van der Waals surface area contributed by atoms with E-state index in [0.717, 1.165) is 18.2 Å². The van der Waals surface area contributed by atoms with Gasteiger partial charge in [-0.25, -0.2) is 0 Å². The predicted octanol–water partition coefficient (Wildman–Crippen LogP) is 2.11. The maximum atomic E-state index is 13.2. The Morgan fingerprint density at radius 3 is 2.57 bits per heavy atom. The molecule has 8 heteroatoms. The summed E-state index contributed by atoms with van der Waals surface area (Å²) in [5, 5.41) is 21.8. The second-order valence-corrected chi connectivity index (χ2v) is 5.16. The number of nitrogens with zero attached hydrogens (tertiary/aromatic N) is 1. The van der Waals surface area contributed by atoms with Crippen LogP contribution in [-0.2, 0) is 4.79 Å². The third kappa shape index (κ3) is 4.83. The smallest absolute Gasteiger partial charge is 0.305 e. The molecule has 0 heterocycles. The summed E-state index contributed by atoms with van der Waals surface area (Å²) in [6.45, 7) is 3.26. The Kier molecular flexibility index (Phi) is 4.96. The lowest BCUT2D eigenvalue weighted by Gasteiger charge is -2.25. The Morgan fingerprint density at radius 1 is 1.43 bits per heavy atom. The third-order valence-corrected chi connectivity index (χ3v) is 2.82. The molecule has 0 atom stereocenters. The lowest BCUT2D eigenvalue weighted by Crippen LogP contribution is -2.43. The van der Waals surface area contributed by atoms with E-state index in [4.69, 9.17) is 5.11 Å². The Bertz CT molecular complexity index is 586. The molecule has 1 rings (SSSR count). The molecule has 7 nitrogen and oxygen atoms in total. The largest absolute Gasteiger partial charge is 0.481 e. The van der Waals surface area contributed by atoms with Crippen molar-refractivity contribution in [3.8, 4) is 0 Å². The second-order valence-electron chi connectivity index (χ2n) is 5.16. The minimum absolute atomic E-state index is 0.0634. The van der Waals surface area contributed by atoms with Gasteiger partial charge < -0.3 is 10.4 Å². The predicted molar refractivity (Wildman–Crippen MR) is 71.5 cm³/mol. The number of halogens is 1. The van der Waals surface area contributed by atoms with Crippen LogP contribution in [0.4, 0.5) is 10.1 Å².